The molecule has 2 rings (SSSR count). The average Bonchev–Trinajstić information content (AvgIpc) is 2.44. The SMILES string of the molecule is CC1CN(C(=O)NC(C(=O)O)C2CCCCC2)CC(C)O1. The van der Waals surface area contributed by atoms with Gasteiger partial charge in [-0.15, -0.1) is 0 Å². The van der Waals surface area contributed by atoms with Crippen LogP contribution >= 0.6 is 0 Å². The molecule has 3 unspecified atom stereocenters. The lowest BCUT2D eigenvalue weighted by Crippen LogP contribution is -2.56. The zero-order valence-corrected chi connectivity index (χ0v) is 12.9. The molecule has 0 radical (unpaired) electrons. The van der Waals surface area contributed by atoms with Crippen LogP contribution in [0.3, 0.4) is 0 Å². The summed E-state index contributed by atoms with van der Waals surface area (Å²) >= 11 is 0. The molecule has 1 aliphatic carbocycles. The van der Waals surface area contributed by atoms with E-state index in [1.807, 2.05) is 13.8 Å². The molecule has 0 spiro atoms. The summed E-state index contributed by atoms with van der Waals surface area (Å²) in [6.07, 6.45) is 5.00. The Bertz CT molecular complexity index is 372. The van der Waals surface area contributed by atoms with Gasteiger partial charge >= 0.3 is 12.0 Å². The summed E-state index contributed by atoms with van der Waals surface area (Å²) in [5.41, 5.74) is 0. The molecule has 2 aliphatic rings. The summed E-state index contributed by atoms with van der Waals surface area (Å²) in [4.78, 5) is 25.5. The van der Waals surface area contributed by atoms with Crippen molar-refractivity contribution in [1.29, 1.82) is 0 Å². The Morgan fingerprint density at radius 1 is 1.14 bits per heavy atom. The molecule has 2 amide bonds. The molecule has 120 valence electrons. The van der Waals surface area contributed by atoms with E-state index in [4.69, 9.17) is 4.74 Å². The van der Waals surface area contributed by atoms with Crippen LogP contribution in [0.25, 0.3) is 0 Å². The van der Waals surface area contributed by atoms with E-state index in [1.54, 1.807) is 4.90 Å². The maximum atomic E-state index is 12.3. The number of amides is 2. The molecule has 2 N–H and O–H groups in total. The number of urea groups is 1. The van der Waals surface area contributed by atoms with Gasteiger partial charge < -0.3 is 20.1 Å². The standard InChI is InChI=1S/C15H26N2O4/c1-10-8-17(9-11(2)21-10)15(20)16-13(14(18)19)12-6-4-3-5-7-12/h10-13H,3-9H2,1-2H3,(H,16,20)(H,18,19). The summed E-state index contributed by atoms with van der Waals surface area (Å²) in [5, 5.41) is 12.1. The van der Waals surface area contributed by atoms with Crippen LogP contribution in [0, 0.1) is 5.92 Å². The Kier molecular flexibility index (Phi) is 5.45. The maximum Gasteiger partial charge on any atom is 0.326 e. The van der Waals surface area contributed by atoms with E-state index in [1.165, 1.54) is 0 Å². The smallest absolute Gasteiger partial charge is 0.326 e. The fourth-order valence-corrected chi connectivity index (χ4v) is 3.42. The molecule has 6 nitrogen and oxygen atoms in total. The molecule has 1 aliphatic heterocycles. The predicted octanol–water partition coefficient (Wildman–Crippen LogP) is 1.84. The third-order valence-corrected chi connectivity index (χ3v) is 4.37. The van der Waals surface area contributed by atoms with E-state index >= 15 is 0 Å². The predicted molar refractivity (Wildman–Crippen MR) is 78.1 cm³/mol. The highest BCUT2D eigenvalue weighted by atomic mass is 16.5. The summed E-state index contributed by atoms with van der Waals surface area (Å²) < 4.78 is 5.60. The Morgan fingerprint density at radius 3 is 2.24 bits per heavy atom. The molecule has 1 saturated carbocycles. The van der Waals surface area contributed by atoms with Crippen molar-refractivity contribution in [1.82, 2.24) is 10.2 Å². The van der Waals surface area contributed by atoms with E-state index in [2.05, 4.69) is 5.32 Å². The van der Waals surface area contributed by atoms with Crippen molar-refractivity contribution < 1.29 is 19.4 Å². The topological polar surface area (TPSA) is 78.9 Å². The minimum Gasteiger partial charge on any atom is -0.480 e. The number of carbonyl (C=O) groups is 2. The van der Waals surface area contributed by atoms with Gasteiger partial charge in [0.1, 0.15) is 6.04 Å². The van der Waals surface area contributed by atoms with Crippen LogP contribution in [0.1, 0.15) is 46.0 Å². The molecule has 6 heteroatoms. The van der Waals surface area contributed by atoms with Crippen molar-refractivity contribution in [3.8, 4) is 0 Å². The summed E-state index contributed by atoms with van der Waals surface area (Å²) in [6.45, 7) is 4.86. The van der Waals surface area contributed by atoms with Crippen LogP contribution in [0.2, 0.25) is 0 Å². The van der Waals surface area contributed by atoms with Crippen LogP contribution in [0.4, 0.5) is 4.79 Å². The number of carboxylic acids is 1. The number of carboxylic acid groups (broad SMARTS) is 1. The highest BCUT2D eigenvalue weighted by Crippen LogP contribution is 2.27. The van der Waals surface area contributed by atoms with Gasteiger partial charge in [0.2, 0.25) is 0 Å². The second-order valence-electron chi connectivity index (χ2n) is 6.33. The lowest BCUT2D eigenvalue weighted by molar-refractivity contribution is -0.141. The lowest BCUT2D eigenvalue weighted by atomic mass is 9.84. The number of nitrogens with one attached hydrogen (secondary N) is 1. The zero-order chi connectivity index (χ0) is 15.4. The van der Waals surface area contributed by atoms with Crippen molar-refractivity contribution in [3.63, 3.8) is 0 Å². The molecule has 1 heterocycles. The molecule has 0 aromatic heterocycles. The lowest BCUT2D eigenvalue weighted by Gasteiger charge is -2.37. The molecule has 0 aromatic carbocycles. The van der Waals surface area contributed by atoms with Crippen LogP contribution in [-0.2, 0) is 9.53 Å². The van der Waals surface area contributed by atoms with Crippen LogP contribution in [0.5, 0.6) is 0 Å². The number of ether oxygens (including phenoxy) is 1. The number of carbonyl (C=O) groups excluding carboxylic acids is 1. The number of hydrogen-bond acceptors (Lipinski definition) is 3. The van der Waals surface area contributed by atoms with Crippen LogP contribution in [0.15, 0.2) is 0 Å². The number of aliphatic carboxylic acids is 1. The first-order valence-electron chi connectivity index (χ1n) is 7.91. The highest BCUT2D eigenvalue weighted by Gasteiger charge is 2.33. The molecular weight excluding hydrogens is 272 g/mol. The van der Waals surface area contributed by atoms with Gasteiger partial charge in [0.15, 0.2) is 0 Å². The summed E-state index contributed by atoms with van der Waals surface area (Å²) in [7, 11) is 0. The molecule has 2 fully saturated rings. The van der Waals surface area contributed by atoms with Gasteiger partial charge in [-0.1, -0.05) is 19.3 Å². The maximum absolute atomic E-state index is 12.3. The number of hydrogen-bond donors (Lipinski definition) is 2. The van der Waals surface area contributed by atoms with Crippen LogP contribution in [-0.4, -0.2) is 53.3 Å². The third kappa shape index (κ3) is 4.33. The average molecular weight is 298 g/mol. The van der Waals surface area contributed by atoms with E-state index in [-0.39, 0.29) is 24.2 Å². The summed E-state index contributed by atoms with van der Waals surface area (Å²) in [5.74, 6) is -0.874. The second kappa shape index (κ2) is 7.11. The normalized spacial score (nSPS) is 29.0. The first-order chi connectivity index (χ1) is 9.97. The molecule has 0 bridgehead atoms. The Balaban J connectivity index is 1.95. The van der Waals surface area contributed by atoms with Crippen molar-refractivity contribution in [2.45, 2.75) is 64.2 Å². The van der Waals surface area contributed by atoms with E-state index in [0.29, 0.717) is 13.1 Å². The quantitative estimate of drug-likeness (QED) is 0.833. The molecule has 0 aromatic rings. The van der Waals surface area contributed by atoms with Crippen molar-refractivity contribution in [2.24, 2.45) is 5.92 Å². The minimum absolute atomic E-state index is 0.0162. The molecular formula is C15H26N2O4. The molecule has 3 atom stereocenters. The van der Waals surface area contributed by atoms with Gasteiger partial charge in [-0.25, -0.2) is 9.59 Å². The third-order valence-electron chi connectivity index (χ3n) is 4.37. The van der Waals surface area contributed by atoms with Crippen molar-refractivity contribution >= 4 is 12.0 Å². The Hall–Kier alpha value is -1.30. The Labute approximate surface area is 125 Å². The monoisotopic (exact) mass is 298 g/mol. The van der Waals surface area contributed by atoms with E-state index < -0.39 is 12.0 Å². The summed E-state index contributed by atoms with van der Waals surface area (Å²) in [6, 6.07) is -1.05. The molecule has 1 saturated heterocycles. The minimum atomic E-state index is -0.926. The van der Waals surface area contributed by atoms with E-state index in [9.17, 15) is 14.7 Å². The first kappa shape index (κ1) is 16.1. The van der Waals surface area contributed by atoms with Gasteiger partial charge in [-0.05, 0) is 32.6 Å². The van der Waals surface area contributed by atoms with Gasteiger partial charge in [-0.3, -0.25) is 0 Å². The van der Waals surface area contributed by atoms with Crippen molar-refractivity contribution in [3.05, 3.63) is 0 Å². The highest BCUT2D eigenvalue weighted by molar-refractivity contribution is 5.83. The number of rotatable bonds is 3. The first-order valence-corrected chi connectivity index (χ1v) is 7.91. The van der Waals surface area contributed by atoms with Gasteiger partial charge in [0.25, 0.3) is 0 Å². The second-order valence-corrected chi connectivity index (χ2v) is 6.33. The fraction of sp³-hybridized carbons (Fsp3) is 0.867. The Morgan fingerprint density at radius 2 is 1.71 bits per heavy atom. The number of nitrogens with zero attached hydrogens (tertiary/aromatic N) is 1. The zero-order valence-electron chi connectivity index (χ0n) is 12.9. The largest absolute Gasteiger partial charge is 0.480 e. The van der Waals surface area contributed by atoms with Gasteiger partial charge in [0, 0.05) is 13.1 Å². The van der Waals surface area contributed by atoms with Crippen LogP contribution < -0.4 is 5.32 Å². The van der Waals surface area contributed by atoms with Gasteiger partial charge in [0.05, 0.1) is 12.2 Å². The molecule has 21 heavy (non-hydrogen) atoms. The van der Waals surface area contributed by atoms with Gasteiger partial charge in [-0.2, -0.15) is 0 Å². The fourth-order valence-electron chi connectivity index (χ4n) is 3.42. The van der Waals surface area contributed by atoms with E-state index in [0.717, 1.165) is 32.1 Å². The van der Waals surface area contributed by atoms with Crippen molar-refractivity contribution in [2.75, 3.05) is 13.1 Å². The number of morpholine rings is 1.